The van der Waals surface area contributed by atoms with Crippen LogP contribution in [0.5, 0.6) is 11.5 Å². The number of phenols is 1. The second-order valence-corrected chi connectivity index (χ2v) is 21.2. The van der Waals surface area contributed by atoms with Crippen LogP contribution < -0.4 is 15.4 Å². The molecule has 2 saturated carbocycles. The molecule has 6 atom stereocenters. The van der Waals surface area contributed by atoms with Gasteiger partial charge >= 0.3 is 11.9 Å². The lowest BCUT2D eigenvalue weighted by molar-refractivity contribution is -0.152. The molecule has 7 rings (SSSR count). The van der Waals surface area contributed by atoms with Gasteiger partial charge in [-0.25, -0.2) is 9.59 Å². The number of carbonyl (C=O) groups is 6. The Morgan fingerprint density at radius 2 is 1.61 bits per heavy atom. The maximum Gasteiger partial charge on any atom is 0.328 e. The first kappa shape index (κ1) is 51.9. The van der Waals surface area contributed by atoms with Crippen molar-refractivity contribution in [1.29, 1.82) is 0 Å². The van der Waals surface area contributed by atoms with Crippen molar-refractivity contribution in [3.05, 3.63) is 59.7 Å². The van der Waals surface area contributed by atoms with Gasteiger partial charge in [0.2, 0.25) is 23.6 Å². The summed E-state index contributed by atoms with van der Waals surface area (Å²) < 4.78 is 15.9. The van der Waals surface area contributed by atoms with Gasteiger partial charge in [0.15, 0.2) is 0 Å². The van der Waals surface area contributed by atoms with Gasteiger partial charge in [0, 0.05) is 30.2 Å². The lowest BCUT2D eigenvalue weighted by atomic mass is 9.83. The maximum atomic E-state index is 13.8. The average Bonchev–Trinajstić information content (AvgIpc) is 3.97. The molecule has 4 fully saturated rings. The van der Waals surface area contributed by atoms with Crippen LogP contribution in [0.4, 0.5) is 0 Å². The Balaban J connectivity index is 0.000000221. The van der Waals surface area contributed by atoms with Crippen molar-refractivity contribution >= 4 is 59.1 Å². The van der Waals surface area contributed by atoms with Gasteiger partial charge in [-0.15, -0.1) is 0 Å². The third kappa shape index (κ3) is 15.0. The van der Waals surface area contributed by atoms with E-state index in [-0.39, 0.29) is 77.1 Å². The highest BCUT2D eigenvalue weighted by atomic mass is 32.2. The molecule has 3 heterocycles. The van der Waals surface area contributed by atoms with Crippen LogP contribution in [0.3, 0.4) is 0 Å². The van der Waals surface area contributed by atoms with Crippen molar-refractivity contribution in [2.24, 2.45) is 11.8 Å². The summed E-state index contributed by atoms with van der Waals surface area (Å²) in [6, 6.07) is 11.6. The number of phenolic OH excluding ortho intramolecular Hbond substituents is 1. The summed E-state index contributed by atoms with van der Waals surface area (Å²) in [7, 11) is 2.69. The Bertz CT molecular complexity index is 1980. The molecule has 4 N–H and O–H groups in total. The molecule has 0 spiro atoms. The Morgan fingerprint density at radius 3 is 2.33 bits per heavy atom. The van der Waals surface area contributed by atoms with Gasteiger partial charge in [0.25, 0.3) is 0 Å². The summed E-state index contributed by atoms with van der Waals surface area (Å²) in [4.78, 5) is 81.9. The van der Waals surface area contributed by atoms with Crippen molar-refractivity contribution in [3.63, 3.8) is 0 Å². The molecule has 2 aromatic rings. The van der Waals surface area contributed by atoms with Crippen LogP contribution in [0.2, 0.25) is 0 Å². The van der Waals surface area contributed by atoms with Crippen LogP contribution in [0.25, 0.3) is 0 Å². The monoisotopic (exact) mass is 966 g/mol. The highest BCUT2D eigenvalue weighted by Gasteiger charge is 2.46. The number of hydrogen-bond acceptors (Lipinski definition) is 13. The number of aliphatic hydroxyl groups is 1. The lowest BCUT2D eigenvalue weighted by Gasteiger charge is -2.34. The predicted octanol–water partition coefficient (Wildman–Crippen LogP) is 5.21. The number of rotatable bonds is 12. The summed E-state index contributed by atoms with van der Waals surface area (Å²) in [5, 5.41) is 25.0. The van der Waals surface area contributed by atoms with Crippen LogP contribution in [-0.2, 0) is 51.1 Å². The Hall–Kier alpha value is -4.48. The number of benzene rings is 2. The zero-order valence-electron chi connectivity index (χ0n) is 39.1. The molecule has 0 aromatic heterocycles. The number of thioether (sulfide) groups is 2. The molecule has 2 saturated heterocycles. The zero-order chi connectivity index (χ0) is 47.7. The first-order chi connectivity index (χ1) is 32.5. The number of methoxy groups -OCH3 is 2. The number of fused-ring (bicyclic) bond motifs is 4. The topological polar surface area (TPSA) is 201 Å². The van der Waals surface area contributed by atoms with Crippen molar-refractivity contribution in [2.75, 3.05) is 52.0 Å². The van der Waals surface area contributed by atoms with Crippen LogP contribution in [-0.4, -0.2) is 142 Å². The molecule has 2 aliphatic carbocycles. The van der Waals surface area contributed by atoms with E-state index in [2.05, 4.69) is 10.6 Å². The number of amides is 4. The number of nitrogens with one attached hydrogen (secondary N) is 2. The molecule has 2 aromatic carbocycles. The van der Waals surface area contributed by atoms with Crippen molar-refractivity contribution < 1.29 is 53.2 Å². The average molecular weight is 967 g/mol. The summed E-state index contributed by atoms with van der Waals surface area (Å²) in [6.45, 7) is 1.61. The Kier molecular flexibility index (Phi) is 20.4. The minimum Gasteiger partial charge on any atom is -0.508 e. The molecular formula is C50H70N4O11S2. The summed E-state index contributed by atoms with van der Waals surface area (Å²) in [6.07, 6.45) is 12.8. The Morgan fingerprint density at radius 1 is 0.896 bits per heavy atom. The largest absolute Gasteiger partial charge is 0.508 e. The van der Waals surface area contributed by atoms with Gasteiger partial charge in [0.05, 0.1) is 33.7 Å². The molecule has 17 heteroatoms. The third-order valence-electron chi connectivity index (χ3n) is 13.6. The van der Waals surface area contributed by atoms with E-state index >= 15 is 0 Å². The van der Waals surface area contributed by atoms with Gasteiger partial charge in [-0.3, -0.25) is 19.2 Å². The first-order valence-corrected chi connectivity index (χ1v) is 26.3. The molecule has 4 amide bonds. The number of nitrogens with zero attached hydrogens (tertiary/aromatic N) is 2. The fraction of sp³-hybridized carbons (Fsp3) is 0.640. The van der Waals surface area contributed by atoms with Gasteiger partial charge in [-0.1, -0.05) is 62.8 Å². The fourth-order valence-electron chi connectivity index (χ4n) is 10.1. The summed E-state index contributed by atoms with van der Waals surface area (Å²) >= 11 is 3.43. The summed E-state index contributed by atoms with van der Waals surface area (Å²) in [5.74, 6) is 0.970. The van der Waals surface area contributed by atoms with Gasteiger partial charge in [-0.05, 0) is 110 Å². The highest BCUT2D eigenvalue weighted by molar-refractivity contribution is 8.00. The number of likely N-dealkylation sites (tertiary alicyclic amines) is 1. The number of esters is 2. The second kappa shape index (κ2) is 26.3. The van der Waals surface area contributed by atoms with E-state index in [0.29, 0.717) is 44.5 Å². The van der Waals surface area contributed by atoms with Gasteiger partial charge in [0.1, 0.15) is 35.7 Å². The lowest BCUT2D eigenvalue weighted by Crippen LogP contribution is -2.55. The van der Waals surface area contributed by atoms with E-state index in [1.165, 1.54) is 14.2 Å². The maximum absolute atomic E-state index is 13.8. The molecule has 4 bridgehead atoms. The number of ether oxygens (including phenoxy) is 3. The van der Waals surface area contributed by atoms with Crippen LogP contribution in [0, 0.1) is 11.8 Å². The number of aliphatic hydroxyl groups excluding tert-OH is 1. The standard InChI is InChI=1S/C25H36N2O6S.C25H34N2O5S/c1-33-25(32)21-15-20(34-12-6-11-28)16-27(21)24(31)23(18-8-3-2-4-9-18)26-22(30)14-17-7-5-10-19(29)13-17;1-31-25(30)21-15-20-16-27(21)24(29)23(18-8-3-2-4-9-18)26-22(28)14-17-7-5-10-19(13-17)32-11-6-12-33-20/h5,7,10,13,18,20-21,23,28-29H,2-4,6,8-9,11-12,14-16H2,1H3,(H,26,30);5,7,10,13,18,20-21,23H,2-4,6,8-9,11-12,14-16H2,1H3,(H,26,28)/t2*20-,21+,23+/m11/s1. The van der Waals surface area contributed by atoms with E-state index < -0.39 is 30.1 Å². The van der Waals surface area contributed by atoms with Crippen LogP contribution in [0.15, 0.2) is 48.5 Å². The van der Waals surface area contributed by atoms with Gasteiger partial charge in [-0.2, -0.15) is 23.5 Å². The van der Waals surface area contributed by atoms with Crippen molar-refractivity contribution in [1.82, 2.24) is 20.4 Å². The number of carbonyl (C=O) groups excluding carboxylic acids is 6. The van der Waals surface area contributed by atoms with E-state index in [1.807, 2.05) is 24.3 Å². The van der Waals surface area contributed by atoms with Crippen LogP contribution >= 0.6 is 23.5 Å². The van der Waals surface area contributed by atoms with Crippen molar-refractivity contribution in [3.8, 4) is 11.5 Å². The van der Waals surface area contributed by atoms with E-state index in [9.17, 15) is 33.9 Å². The number of hydrogen-bond donors (Lipinski definition) is 4. The third-order valence-corrected chi connectivity index (χ3v) is 16.2. The minimum absolute atomic E-state index is 0.0220. The smallest absolute Gasteiger partial charge is 0.328 e. The molecule has 15 nitrogen and oxygen atoms in total. The second-order valence-electron chi connectivity index (χ2n) is 18.4. The molecule has 0 radical (unpaired) electrons. The zero-order valence-corrected chi connectivity index (χ0v) is 40.7. The normalized spacial score (nSPS) is 24.6. The fourth-order valence-corrected chi connectivity index (χ4v) is 12.6. The molecule has 5 aliphatic rings. The van der Waals surface area contributed by atoms with E-state index in [0.717, 1.165) is 93.4 Å². The van der Waals surface area contributed by atoms with Crippen molar-refractivity contribution in [2.45, 2.75) is 137 Å². The van der Waals surface area contributed by atoms with Gasteiger partial charge < -0.3 is 44.9 Å². The molecule has 3 aliphatic heterocycles. The molecule has 0 unspecified atom stereocenters. The molecular weight excluding hydrogens is 897 g/mol. The molecule has 368 valence electrons. The molecule has 67 heavy (non-hydrogen) atoms. The predicted molar refractivity (Wildman–Crippen MR) is 258 cm³/mol. The highest BCUT2D eigenvalue weighted by Crippen LogP contribution is 2.35. The first-order valence-electron chi connectivity index (χ1n) is 24.2. The van der Waals surface area contributed by atoms with E-state index in [1.54, 1.807) is 57.6 Å². The minimum atomic E-state index is -0.696. The van der Waals surface area contributed by atoms with Crippen LogP contribution in [0.1, 0.15) is 101 Å². The number of aromatic hydroxyl groups is 1. The SMILES string of the molecule is COC(=O)[C@@H]1C[C@@H](SCCCO)CN1C(=O)[C@@H](NC(=O)Cc1cccc(O)c1)C1CCCCC1.COC(=O)[C@@H]1C[C@@H]2CN1C(=O)[C@H](C1CCCCC1)NC(=O)Cc1cccc(c1)OCCCS2. The quantitative estimate of drug-likeness (QED) is 0.160. The summed E-state index contributed by atoms with van der Waals surface area (Å²) in [5.41, 5.74) is 1.52. The van der Waals surface area contributed by atoms with E-state index in [4.69, 9.17) is 19.3 Å². The Labute approximate surface area is 403 Å².